The molecule has 0 saturated heterocycles. The van der Waals surface area contributed by atoms with E-state index in [2.05, 4.69) is 10.5 Å². The smallest absolute Gasteiger partial charge is 0.0862 e. The molecule has 1 aromatic heterocycles. The summed E-state index contributed by atoms with van der Waals surface area (Å²) in [6, 6.07) is 1.95. The van der Waals surface area contributed by atoms with Crippen LogP contribution in [-0.4, -0.2) is 22.5 Å². The molecule has 0 spiro atoms. The monoisotopic (exact) mass is 212 g/mol. The topological polar surface area (TPSA) is 65.1 Å². The largest absolute Gasteiger partial charge is 0.377 e. The van der Waals surface area contributed by atoms with Gasteiger partial charge in [-0.2, -0.15) is 5.10 Å². The van der Waals surface area contributed by atoms with Crippen LogP contribution in [0.4, 0.5) is 0 Å². The van der Waals surface area contributed by atoms with E-state index in [4.69, 9.17) is 10.6 Å². The lowest BCUT2D eigenvalue weighted by atomic mass is 10.2. The lowest BCUT2D eigenvalue weighted by Gasteiger charge is -2.18. The van der Waals surface area contributed by atoms with Gasteiger partial charge in [0.15, 0.2) is 0 Å². The fraction of sp³-hybridized carbons (Fsp3) is 0.700. The van der Waals surface area contributed by atoms with Crippen LogP contribution in [0, 0.1) is 0 Å². The lowest BCUT2D eigenvalue weighted by molar-refractivity contribution is 0.0594. The number of aryl methyl sites for hydroxylation is 1. The maximum absolute atomic E-state index is 5.53. The molecule has 1 aromatic rings. The quantitative estimate of drug-likeness (QED) is 0.541. The summed E-state index contributed by atoms with van der Waals surface area (Å²) in [6.07, 6.45) is 1.98. The third-order valence-electron chi connectivity index (χ3n) is 2.20. The predicted molar refractivity (Wildman–Crippen MR) is 59.1 cm³/mol. The first kappa shape index (κ1) is 12.2. The average Bonchev–Trinajstić information content (AvgIpc) is 2.66. The normalized spacial score (nSPS) is 13.4. The van der Waals surface area contributed by atoms with Crippen LogP contribution < -0.4 is 11.3 Å². The summed E-state index contributed by atoms with van der Waals surface area (Å²) in [5.41, 5.74) is 3.80. The van der Waals surface area contributed by atoms with Crippen molar-refractivity contribution in [2.24, 2.45) is 5.84 Å². The Balaban J connectivity index is 2.65. The molecule has 0 aliphatic rings. The van der Waals surface area contributed by atoms with E-state index in [1.54, 1.807) is 6.20 Å². The minimum absolute atomic E-state index is 0.00477. The number of nitrogens with two attached hydrogens (primary N) is 1. The van der Waals surface area contributed by atoms with Crippen LogP contribution in [0.5, 0.6) is 0 Å². The molecule has 0 saturated carbocycles. The van der Waals surface area contributed by atoms with Gasteiger partial charge in [-0.05, 0) is 26.8 Å². The van der Waals surface area contributed by atoms with E-state index in [1.807, 2.05) is 31.5 Å². The summed E-state index contributed by atoms with van der Waals surface area (Å²) in [4.78, 5) is 0. The summed E-state index contributed by atoms with van der Waals surface area (Å²) >= 11 is 0. The summed E-state index contributed by atoms with van der Waals surface area (Å²) in [6.45, 7) is 7.45. The minimum atomic E-state index is -0.00477. The fourth-order valence-electron chi connectivity index (χ4n) is 1.41. The second kappa shape index (κ2) is 5.85. The van der Waals surface area contributed by atoms with Gasteiger partial charge in [0.2, 0.25) is 0 Å². The molecule has 5 heteroatoms. The first-order chi connectivity index (χ1) is 7.19. The Hall–Kier alpha value is -0.910. The third kappa shape index (κ3) is 3.30. The van der Waals surface area contributed by atoms with E-state index in [-0.39, 0.29) is 12.1 Å². The third-order valence-corrected chi connectivity index (χ3v) is 2.20. The molecule has 1 rings (SSSR count). The van der Waals surface area contributed by atoms with Crippen molar-refractivity contribution in [1.29, 1.82) is 0 Å². The Morgan fingerprint density at radius 2 is 2.33 bits per heavy atom. The second-order valence-corrected chi connectivity index (χ2v) is 3.67. The Kier molecular flexibility index (Phi) is 4.74. The molecule has 0 aromatic carbocycles. The van der Waals surface area contributed by atoms with E-state index < -0.39 is 0 Å². The van der Waals surface area contributed by atoms with Gasteiger partial charge in [-0.3, -0.25) is 10.5 Å². The zero-order chi connectivity index (χ0) is 11.3. The molecule has 0 amide bonds. The lowest BCUT2D eigenvalue weighted by Crippen LogP contribution is -2.33. The fourth-order valence-corrected chi connectivity index (χ4v) is 1.41. The van der Waals surface area contributed by atoms with E-state index >= 15 is 0 Å². The Bertz CT molecular complexity index is 285. The van der Waals surface area contributed by atoms with Gasteiger partial charge in [-0.15, -0.1) is 0 Å². The summed E-state index contributed by atoms with van der Waals surface area (Å²) < 4.78 is 7.45. The number of nitrogens with zero attached hydrogens (tertiary/aromatic N) is 2. The van der Waals surface area contributed by atoms with Crippen LogP contribution in [0.3, 0.4) is 0 Å². The zero-order valence-electron chi connectivity index (χ0n) is 9.60. The van der Waals surface area contributed by atoms with Crippen molar-refractivity contribution < 1.29 is 4.74 Å². The van der Waals surface area contributed by atoms with E-state index in [9.17, 15) is 0 Å². The average molecular weight is 212 g/mol. The number of aromatic nitrogens is 2. The molecular weight excluding hydrogens is 192 g/mol. The number of hydrogen-bond donors (Lipinski definition) is 2. The highest BCUT2D eigenvalue weighted by Gasteiger charge is 2.14. The Morgan fingerprint density at radius 3 is 2.87 bits per heavy atom. The van der Waals surface area contributed by atoms with Crippen molar-refractivity contribution in [3.8, 4) is 0 Å². The SMILES string of the molecule is CCn1nccc1C(COC(C)C)NN. The molecule has 86 valence electrons. The Labute approximate surface area is 90.6 Å². The van der Waals surface area contributed by atoms with E-state index in [0.29, 0.717) is 6.61 Å². The highest BCUT2D eigenvalue weighted by molar-refractivity contribution is 5.06. The van der Waals surface area contributed by atoms with Crippen molar-refractivity contribution in [2.45, 2.75) is 39.5 Å². The summed E-state index contributed by atoms with van der Waals surface area (Å²) in [5.74, 6) is 5.50. The molecule has 0 aliphatic carbocycles. The molecule has 3 N–H and O–H groups in total. The van der Waals surface area contributed by atoms with Gasteiger partial charge in [0.25, 0.3) is 0 Å². The van der Waals surface area contributed by atoms with Crippen LogP contribution in [0.2, 0.25) is 0 Å². The molecular formula is C10H20N4O. The van der Waals surface area contributed by atoms with Crippen LogP contribution in [0.15, 0.2) is 12.3 Å². The molecule has 0 aliphatic heterocycles. The molecule has 1 atom stereocenters. The van der Waals surface area contributed by atoms with Gasteiger partial charge in [0.1, 0.15) is 0 Å². The first-order valence-corrected chi connectivity index (χ1v) is 5.28. The molecule has 0 bridgehead atoms. The number of rotatable bonds is 6. The maximum Gasteiger partial charge on any atom is 0.0862 e. The van der Waals surface area contributed by atoms with Crippen molar-refractivity contribution in [2.75, 3.05) is 6.61 Å². The van der Waals surface area contributed by atoms with Gasteiger partial charge in [0.05, 0.1) is 24.4 Å². The Morgan fingerprint density at radius 1 is 1.60 bits per heavy atom. The number of ether oxygens (including phenoxy) is 1. The predicted octanol–water partition coefficient (Wildman–Crippen LogP) is 0.832. The van der Waals surface area contributed by atoms with Crippen LogP contribution in [0.25, 0.3) is 0 Å². The molecule has 1 unspecified atom stereocenters. The standard InChI is InChI=1S/C10H20N4O/c1-4-14-10(5-6-12-14)9(13-11)7-15-8(2)3/h5-6,8-9,13H,4,7,11H2,1-3H3. The van der Waals surface area contributed by atoms with Crippen molar-refractivity contribution >= 4 is 0 Å². The molecule has 5 nitrogen and oxygen atoms in total. The molecule has 15 heavy (non-hydrogen) atoms. The van der Waals surface area contributed by atoms with Gasteiger partial charge >= 0.3 is 0 Å². The van der Waals surface area contributed by atoms with Crippen molar-refractivity contribution in [3.05, 3.63) is 18.0 Å². The van der Waals surface area contributed by atoms with Crippen molar-refractivity contribution in [1.82, 2.24) is 15.2 Å². The van der Waals surface area contributed by atoms with Crippen LogP contribution in [0.1, 0.15) is 32.5 Å². The number of nitrogens with one attached hydrogen (secondary N) is 1. The van der Waals surface area contributed by atoms with Gasteiger partial charge in [-0.1, -0.05) is 0 Å². The molecule has 1 heterocycles. The van der Waals surface area contributed by atoms with Gasteiger partial charge in [-0.25, -0.2) is 5.43 Å². The second-order valence-electron chi connectivity index (χ2n) is 3.67. The number of hydrazine groups is 1. The minimum Gasteiger partial charge on any atom is -0.377 e. The van der Waals surface area contributed by atoms with Crippen LogP contribution in [-0.2, 0) is 11.3 Å². The van der Waals surface area contributed by atoms with Crippen LogP contribution >= 0.6 is 0 Å². The highest BCUT2D eigenvalue weighted by atomic mass is 16.5. The maximum atomic E-state index is 5.53. The molecule has 0 radical (unpaired) electrons. The first-order valence-electron chi connectivity index (χ1n) is 5.28. The zero-order valence-corrected chi connectivity index (χ0v) is 9.60. The summed E-state index contributed by atoms with van der Waals surface area (Å²) in [7, 11) is 0. The highest BCUT2D eigenvalue weighted by Crippen LogP contribution is 2.12. The van der Waals surface area contributed by atoms with Gasteiger partial charge in [0, 0.05) is 12.7 Å². The van der Waals surface area contributed by atoms with E-state index in [0.717, 1.165) is 12.2 Å². The van der Waals surface area contributed by atoms with Crippen molar-refractivity contribution in [3.63, 3.8) is 0 Å². The summed E-state index contributed by atoms with van der Waals surface area (Å²) in [5, 5.41) is 4.20. The van der Waals surface area contributed by atoms with Gasteiger partial charge < -0.3 is 4.74 Å². The van der Waals surface area contributed by atoms with E-state index in [1.165, 1.54) is 0 Å². The molecule has 0 fully saturated rings. The number of hydrogen-bond acceptors (Lipinski definition) is 4.